The Morgan fingerprint density at radius 3 is 3.00 bits per heavy atom. The van der Waals surface area contributed by atoms with E-state index in [0.717, 1.165) is 21.9 Å². The molecule has 0 aliphatic heterocycles. The van der Waals surface area contributed by atoms with Crippen LogP contribution in [0.2, 0.25) is 0 Å². The van der Waals surface area contributed by atoms with Gasteiger partial charge in [-0.15, -0.1) is 0 Å². The van der Waals surface area contributed by atoms with Crippen molar-refractivity contribution in [3.63, 3.8) is 0 Å². The molecule has 4 heteroatoms. The average Bonchev–Trinajstić information content (AvgIpc) is 2.66. The van der Waals surface area contributed by atoms with E-state index in [1.54, 1.807) is 13.3 Å². The lowest BCUT2D eigenvalue weighted by Crippen LogP contribution is -1.86. The smallest absolute Gasteiger partial charge is 0.214 e. The zero-order valence-corrected chi connectivity index (χ0v) is 8.19. The van der Waals surface area contributed by atoms with Crippen LogP contribution in [0.3, 0.4) is 0 Å². The Morgan fingerprint density at radius 1 is 1.20 bits per heavy atom. The van der Waals surface area contributed by atoms with E-state index >= 15 is 0 Å². The van der Waals surface area contributed by atoms with Crippen molar-refractivity contribution in [2.45, 2.75) is 0 Å². The number of nitrogens with zero attached hydrogens (tertiary/aromatic N) is 2. The maximum absolute atomic E-state index is 5.07. The van der Waals surface area contributed by atoms with Crippen LogP contribution in [0.5, 0.6) is 5.88 Å². The molecule has 4 nitrogen and oxygen atoms in total. The normalized spacial score (nSPS) is 11.0. The van der Waals surface area contributed by atoms with Crippen LogP contribution in [0.25, 0.3) is 21.9 Å². The number of pyridine rings is 2. The third-order valence-electron chi connectivity index (χ3n) is 2.44. The summed E-state index contributed by atoms with van der Waals surface area (Å²) in [4.78, 5) is 11.6. The standard InChI is InChI=1S/C11H9N3O/c1-15-10-3-2-7-8-6-12-5-4-9(8)13-11(7)14-10/h2-6H,1H3,(H,13,14). The molecular weight excluding hydrogens is 190 g/mol. The summed E-state index contributed by atoms with van der Waals surface area (Å²) in [6.45, 7) is 0. The molecule has 0 aliphatic carbocycles. The highest BCUT2D eigenvalue weighted by atomic mass is 16.5. The summed E-state index contributed by atoms with van der Waals surface area (Å²) >= 11 is 0. The van der Waals surface area contributed by atoms with Gasteiger partial charge in [-0.3, -0.25) is 4.98 Å². The predicted octanol–water partition coefficient (Wildman–Crippen LogP) is 2.12. The third kappa shape index (κ3) is 1.15. The van der Waals surface area contributed by atoms with E-state index in [0.29, 0.717) is 5.88 Å². The topological polar surface area (TPSA) is 50.8 Å². The van der Waals surface area contributed by atoms with Crippen LogP contribution in [0.1, 0.15) is 0 Å². The van der Waals surface area contributed by atoms with Gasteiger partial charge in [0.2, 0.25) is 5.88 Å². The zero-order chi connectivity index (χ0) is 10.3. The first-order valence-corrected chi connectivity index (χ1v) is 4.65. The first-order chi connectivity index (χ1) is 7.38. The molecule has 0 saturated heterocycles. The maximum atomic E-state index is 5.07. The van der Waals surface area contributed by atoms with Crippen LogP contribution in [0.15, 0.2) is 30.6 Å². The first kappa shape index (κ1) is 8.23. The first-order valence-electron chi connectivity index (χ1n) is 4.65. The van der Waals surface area contributed by atoms with Crippen molar-refractivity contribution in [2.75, 3.05) is 7.11 Å². The lowest BCUT2D eigenvalue weighted by molar-refractivity contribution is 0.399. The molecule has 0 atom stereocenters. The van der Waals surface area contributed by atoms with Crippen molar-refractivity contribution in [3.05, 3.63) is 30.6 Å². The van der Waals surface area contributed by atoms with E-state index in [2.05, 4.69) is 15.0 Å². The molecule has 1 N–H and O–H groups in total. The van der Waals surface area contributed by atoms with E-state index in [9.17, 15) is 0 Å². The molecule has 0 radical (unpaired) electrons. The van der Waals surface area contributed by atoms with Crippen LogP contribution < -0.4 is 4.74 Å². The molecule has 3 aromatic heterocycles. The Labute approximate surface area is 85.9 Å². The number of nitrogens with one attached hydrogen (secondary N) is 1. The SMILES string of the molecule is COc1ccc2c(n1)[nH]c1ccncc12. The second-order valence-electron chi connectivity index (χ2n) is 3.30. The summed E-state index contributed by atoms with van der Waals surface area (Å²) in [5, 5.41) is 2.15. The highest BCUT2D eigenvalue weighted by molar-refractivity contribution is 6.05. The number of methoxy groups -OCH3 is 1. The molecule has 0 unspecified atom stereocenters. The van der Waals surface area contributed by atoms with Crippen molar-refractivity contribution < 1.29 is 4.74 Å². The summed E-state index contributed by atoms with van der Waals surface area (Å²) in [7, 11) is 1.61. The summed E-state index contributed by atoms with van der Waals surface area (Å²) in [6, 6.07) is 5.77. The minimum Gasteiger partial charge on any atom is -0.481 e. The summed E-state index contributed by atoms with van der Waals surface area (Å²) < 4.78 is 5.07. The molecule has 0 aromatic carbocycles. The largest absolute Gasteiger partial charge is 0.481 e. The molecule has 15 heavy (non-hydrogen) atoms. The van der Waals surface area contributed by atoms with E-state index in [1.807, 2.05) is 24.4 Å². The fraction of sp³-hybridized carbons (Fsp3) is 0.0909. The van der Waals surface area contributed by atoms with Gasteiger partial charge in [0.05, 0.1) is 12.6 Å². The molecule has 0 amide bonds. The average molecular weight is 199 g/mol. The van der Waals surface area contributed by atoms with Gasteiger partial charge in [-0.2, -0.15) is 4.98 Å². The number of aromatic nitrogens is 3. The molecule has 0 spiro atoms. The predicted molar refractivity (Wildman–Crippen MR) is 57.9 cm³/mol. The number of fused-ring (bicyclic) bond motifs is 3. The molecule has 3 rings (SSSR count). The molecule has 0 fully saturated rings. The number of hydrogen-bond acceptors (Lipinski definition) is 3. The monoisotopic (exact) mass is 199 g/mol. The van der Waals surface area contributed by atoms with E-state index in [4.69, 9.17) is 4.74 Å². The number of rotatable bonds is 1. The van der Waals surface area contributed by atoms with Crippen molar-refractivity contribution in [1.29, 1.82) is 0 Å². The Hall–Kier alpha value is -2.10. The highest BCUT2D eigenvalue weighted by Crippen LogP contribution is 2.24. The second kappa shape index (κ2) is 2.95. The zero-order valence-electron chi connectivity index (χ0n) is 8.19. The number of ether oxygens (including phenoxy) is 1. The van der Waals surface area contributed by atoms with Gasteiger partial charge in [-0.1, -0.05) is 0 Å². The highest BCUT2D eigenvalue weighted by Gasteiger charge is 2.05. The van der Waals surface area contributed by atoms with E-state index < -0.39 is 0 Å². The minimum atomic E-state index is 0.613. The van der Waals surface area contributed by atoms with Gasteiger partial charge in [-0.05, 0) is 12.1 Å². The molecule has 3 heterocycles. The molecule has 0 aliphatic rings. The molecule has 0 bridgehead atoms. The lowest BCUT2D eigenvalue weighted by Gasteiger charge is -1.96. The fourth-order valence-electron chi connectivity index (χ4n) is 1.71. The quantitative estimate of drug-likeness (QED) is 0.653. The number of H-pyrrole nitrogens is 1. The molecule has 3 aromatic rings. The van der Waals surface area contributed by atoms with Gasteiger partial charge in [0.1, 0.15) is 5.65 Å². The van der Waals surface area contributed by atoms with Crippen LogP contribution in [-0.4, -0.2) is 22.1 Å². The molecule has 74 valence electrons. The fourth-order valence-corrected chi connectivity index (χ4v) is 1.71. The Morgan fingerprint density at radius 2 is 2.13 bits per heavy atom. The van der Waals surface area contributed by atoms with Gasteiger partial charge < -0.3 is 9.72 Å². The summed E-state index contributed by atoms with van der Waals surface area (Å²) in [5.74, 6) is 0.613. The van der Waals surface area contributed by atoms with Crippen molar-refractivity contribution >= 4 is 21.9 Å². The number of aromatic amines is 1. The maximum Gasteiger partial charge on any atom is 0.214 e. The Kier molecular flexibility index (Phi) is 1.62. The second-order valence-corrected chi connectivity index (χ2v) is 3.30. The van der Waals surface area contributed by atoms with Crippen LogP contribution in [0, 0.1) is 0 Å². The van der Waals surface area contributed by atoms with Gasteiger partial charge in [0.25, 0.3) is 0 Å². The summed E-state index contributed by atoms with van der Waals surface area (Å²) in [5.41, 5.74) is 1.87. The third-order valence-corrected chi connectivity index (χ3v) is 2.44. The van der Waals surface area contributed by atoms with Crippen molar-refractivity contribution in [3.8, 4) is 5.88 Å². The van der Waals surface area contributed by atoms with Crippen molar-refractivity contribution in [1.82, 2.24) is 15.0 Å². The van der Waals surface area contributed by atoms with Crippen LogP contribution >= 0.6 is 0 Å². The minimum absolute atomic E-state index is 0.613. The van der Waals surface area contributed by atoms with Gasteiger partial charge in [0, 0.05) is 29.2 Å². The van der Waals surface area contributed by atoms with Gasteiger partial charge in [0.15, 0.2) is 0 Å². The van der Waals surface area contributed by atoms with E-state index in [-0.39, 0.29) is 0 Å². The Bertz CT molecular complexity index is 630. The Balaban J connectivity index is 2.43. The molecular formula is C11H9N3O. The number of hydrogen-bond donors (Lipinski definition) is 1. The molecule has 0 saturated carbocycles. The van der Waals surface area contributed by atoms with Crippen molar-refractivity contribution in [2.24, 2.45) is 0 Å². The van der Waals surface area contributed by atoms with Gasteiger partial charge >= 0.3 is 0 Å². The lowest BCUT2D eigenvalue weighted by atomic mass is 10.2. The van der Waals surface area contributed by atoms with Crippen LogP contribution in [0.4, 0.5) is 0 Å². The van der Waals surface area contributed by atoms with E-state index in [1.165, 1.54) is 0 Å². The van der Waals surface area contributed by atoms with Gasteiger partial charge in [-0.25, -0.2) is 0 Å². The summed E-state index contributed by atoms with van der Waals surface area (Å²) in [6.07, 6.45) is 3.59. The van der Waals surface area contributed by atoms with Crippen LogP contribution in [-0.2, 0) is 0 Å².